The van der Waals surface area contributed by atoms with Crippen molar-refractivity contribution in [3.63, 3.8) is 0 Å². The van der Waals surface area contributed by atoms with Crippen LogP contribution in [0.4, 0.5) is 0 Å². The van der Waals surface area contributed by atoms with Gasteiger partial charge in [0.05, 0.1) is 0 Å². The van der Waals surface area contributed by atoms with Crippen LogP contribution in [-0.2, 0) is 11.3 Å². The van der Waals surface area contributed by atoms with Crippen LogP contribution in [0.25, 0.3) is 0 Å². The van der Waals surface area contributed by atoms with Crippen molar-refractivity contribution < 1.29 is 4.79 Å². The summed E-state index contributed by atoms with van der Waals surface area (Å²) in [5.74, 6) is 0.571. The number of hydrogen-bond donors (Lipinski definition) is 0. The molecular weight excluding hydrogens is 200 g/mol. The van der Waals surface area contributed by atoms with E-state index in [0.717, 1.165) is 18.4 Å². The Labute approximate surface area is 96.5 Å². The summed E-state index contributed by atoms with van der Waals surface area (Å²) in [4.78, 5) is 17.9. The highest BCUT2D eigenvalue weighted by atomic mass is 16.2. The van der Waals surface area contributed by atoms with Crippen molar-refractivity contribution in [1.82, 2.24) is 9.88 Å². The number of carbonyl (C=O) groups is 1. The molecule has 0 atom stereocenters. The fourth-order valence-corrected chi connectivity index (χ4v) is 2.32. The van der Waals surface area contributed by atoms with Crippen LogP contribution in [0.2, 0.25) is 0 Å². The molecule has 0 spiro atoms. The topological polar surface area (TPSA) is 33.2 Å². The molecule has 0 aromatic carbocycles. The molecule has 1 aromatic heterocycles. The third-order valence-corrected chi connectivity index (χ3v) is 3.25. The lowest BCUT2D eigenvalue weighted by Gasteiger charge is -2.20. The number of hydrogen-bond acceptors (Lipinski definition) is 2. The van der Waals surface area contributed by atoms with E-state index in [0.29, 0.717) is 12.5 Å². The Hall–Kier alpha value is -1.38. The molecule has 0 aliphatic heterocycles. The minimum Gasteiger partial charge on any atom is -0.341 e. The lowest BCUT2D eigenvalue weighted by molar-refractivity contribution is -0.134. The zero-order valence-corrected chi connectivity index (χ0v) is 9.72. The van der Waals surface area contributed by atoms with Gasteiger partial charge in [0.25, 0.3) is 0 Å². The lowest BCUT2D eigenvalue weighted by Crippen LogP contribution is -2.31. The van der Waals surface area contributed by atoms with Crippen LogP contribution in [0, 0.1) is 5.92 Å². The summed E-state index contributed by atoms with van der Waals surface area (Å²) in [6.07, 6.45) is 8.09. The molecule has 0 saturated heterocycles. The van der Waals surface area contributed by atoms with Crippen molar-refractivity contribution in [3.8, 4) is 0 Å². The molecule has 1 fully saturated rings. The first kappa shape index (κ1) is 11.1. The van der Waals surface area contributed by atoms with Crippen LogP contribution < -0.4 is 0 Å². The largest absolute Gasteiger partial charge is 0.341 e. The molecule has 0 N–H and O–H groups in total. The third-order valence-electron chi connectivity index (χ3n) is 3.25. The highest BCUT2D eigenvalue weighted by molar-refractivity contribution is 5.78. The van der Waals surface area contributed by atoms with Crippen molar-refractivity contribution in [1.29, 1.82) is 0 Å². The molecule has 2 rings (SSSR count). The van der Waals surface area contributed by atoms with Crippen molar-refractivity contribution in [2.75, 3.05) is 7.05 Å². The Balaban J connectivity index is 1.92. The molecule has 0 bridgehead atoms. The zero-order chi connectivity index (χ0) is 11.4. The molecule has 86 valence electrons. The second-order valence-corrected chi connectivity index (χ2v) is 4.53. The molecule has 1 saturated carbocycles. The van der Waals surface area contributed by atoms with E-state index >= 15 is 0 Å². The number of rotatable bonds is 3. The van der Waals surface area contributed by atoms with E-state index < -0.39 is 0 Å². The Morgan fingerprint density at radius 3 is 2.62 bits per heavy atom. The van der Waals surface area contributed by atoms with Crippen LogP contribution in [0.5, 0.6) is 0 Å². The average molecular weight is 218 g/mol. The maximum atomic E-state index is 12.1. The first-order valence-corrected chi connectivity index (χ1v) is 5.91. The molecule has 0 radical (unpaired) electrons. The Kier molecular flexibility index (Phi) is 3.54. The molecule has 1 aliphatic rings. The van der Waals surface area contributed by atoms with Gasteiger partial charge in [0.2, 0.25) is 5.91 Å². The Morgan fingerprint density at radius 2 is 2.00 bits per heavy atom. The summed E-state index contributed by atoms with van der Waals surface area (Å²) in [7, 11) is 1.89. The molecule has 1 aromatic rings. The summed E-state index contributed by atoms with van der Waals surface area (Å²) >= 11 is 0. The second-order valence-electron chi connectivity index (χ2n) is 4.53. The van der Waals surface area contributed by atoms with Gasteiger partial charge in [-0.25, -0.2) is 0 Å². The summed E-state index contributed by atoms with van der Waals surface area (Å²) in [6, 6.07) is 3.91. The molecule has 3 heteroatoms. The number of nitrogens with zero attached hydrogens (tertiary/aromatic N) is 2. The summed E-state index contributed by atoms with van der Waals surface area (Å²) in [5.41, 5.74) is 1.14. The van der Waals surface area contributed by atoms with Crippen molar-refractivity contribution in [2.24, 2.45) is 5.92 Å². The number of amides is 1. The van der Waals surface area contributed by atoms with Crippen molar-refractivity contribution in [3.05, 3.63) is 30.1 Å². The zero-order valence-electron chi connectivity index (χ0n) is 9.72. The maximum absolute atomic E-state index is 12.1. The highest BCUT2D eigenvalue weighted by Crippen LogP contribution is 2.26. The number of aromatic nitrogens is 1. The third kappa shape index (κ3) is 2.60. The predicted octanol–water partition coefficient (Wildman–Crippen LogP) is 2.23. The van der Waals surface area contributed by atoms with E-state index in [-0.39, 0.29) is 5.92 Å². The smallest absolute Gasteiger partial charge is 0.225 e. The van der Waals surface area contributed by atoms with E-state index in [1.807, 2.05) is 24.1 Å². The van der Waals surface area contributed by atoms with Gasteiger partial charge in [0, 0.05) is 31.9 Å². The van der Waals surface area contributed by atoms with Crippen LogP contribution >= 0.6 is 0 Å². The molecule has 3 nitrogen and oxygen atoms in total. The van der Waals surface area contributed by atoms with E-state index in [9.17, 15) is 4.79 Å². The standard InChI is InChI=1S/C13H18N2O/c1-15(10-11-6-8-14-9-7-11)13(16)12-4-2-3-5-12/h6-9,12H,2-5,10H2,1H3. The second kappa shape index (κ2) is 5.10. The van der Waals surface area contributed by atoms with E-state index in [2.05, 4.69) is 4.98 Å². The Bertz CT molecular complexity index is 344. The van der Waals surface area contributed by atoms with E-state index in [4.69, 9.17) is 0 Å². The molecule has 1 heterocycles. The molecule has 1 aliphatic carbocycles. The van der Waals surface area contributed by atoms with Gasteiger partial charge in [-0.1, -0.05) is 12.8 Å². The Morgan fingerprint density at radius 1 is 1.38 bits per heavy atom. The number of pyridine rings is 1. The van der Waals surface area contributed by atoms with Crippen LogP contribution in [-0.4, -0.2) is 22.8 Å². The van der Waals surface area contributed by atoms with Gasteiger partial charge in [0.1, 0.15) is 0 Å². The SMILES string of the molecule is CN(Cc1ccncc1)C(=O)C1CCCC1. The van der Waals surface area contributed by atoms with Gasteiger partial charge < -0.3 is 4.90 Å². The lowest BCUT2D eigenvalue weighted by atomic mass is 10.1. The van der Waals surface area contributed by atoms with E-state index in [1.54, 1.807) is 12.4 Å². The monoisotopic (exact) mass is 218 g/mol. The minimum absolute atomic E-state index is 0.270. The van der Waals surface area contributed by atoms with Gasteiger partial charge in [-0.15, -0.1) is 0 Å². The number of carbonyl (C=O) groups excluding carboxylic acids is 1. The van der Waals surface area contributed by atoms with Crippen LogP contribution in [0.15, 0.2) is 24.5 Å². The van der Waals surface area contributed by atoms with Gasteiger partial charge in [0.15, 0.2) is 0 Å². The normalized spacial score (nSPS) is 16.3. The predicted molar refractivity (Wildman–Crippen MR) is 62.7 cm³/mol. The maximum Gasteiger partial charge on any atom is 0.225 e. The fourth-order valence-electron chi connectivity index (χ4n) is 2.32. The van der Waals surface area contributed by atoms with Crippen molar-refractivity contribution >= 4 is 5.91 Å². The average Bonchev–Trinajstić information content (AvgIpc) is 2.83. The van der Waals surface area contributed by atoms with Gasteiger partial charge in [-0.3, -0.25) is 9.78 Å². The highest BCUT2D eigenvalue weighted by Gasteiger charge is 2.25. The van der Waals surface area contributed by atoms with Crippen LogP contribution in [0.3, 0.4) is 0 Å². The van der Waals surface area contributed by atoms with Gasteiger partial charge in [-0.2, -0.15) is 0 Å². The summed E-state index contributed by atoms with van der Waals surface area (Å²) < 4.78 is 0. The minimum atomic E-state index is 0.270. The molecule has 16 heavy (non-hydrogen) atoms. The summed E-state index contributed by atoms with van der Waals surface area (Å²) in [5, 5.41) is 0. The van der Waals surface area contributed by atoms with Crippen molar-refractivity contribution in [2.45, 2.75) is 32.2 Å². The molecule has 1 amide bonds. The van der Waals surface area contributed by atoms with Crippen LogP contribution in [0.1, 0.15) is 31.2 Å². The first-order valence-electron chi connectivity index (χ1n) is 5.91. The van der Waals surface area contributed by atoms with Gasteiger partial charge >= 0.3 is 0 Å². The fraction of sp³-hybridized carbons (Fsp3) is 0.538. The van der Waals surface area contributed by atoms with Gasteiger partial charge in [-0.05, 0) is 30.5 Å². The molecule has 0 unspecified atom stereocenters. The quantitative estimate of drug-likeness (QED) is 0.779. The molecular formula is C13H18N2O. The summed E-state index contributed by atoms with van der Waals surface area (Å²) in [6.45, 7) is 0.692. The van der Waals surface area contributed by atoms with E-state index in [1.165, 1.54) is 12.8 Å². The first-order chi connectivity index (χ1) is 7.77.